The van der Waals surface area contributed by atoms with Gasteiger partial charge in [-0.25, -0.2) is 0 Å². The van der Waals surface area contributed by atoms with Gasteiger partial charge in [-0.15, -0.1) is 0 Å². The van der Waals surface area contributed by atoms with Gasteiger partial charge in [-0.1, -0.05) is 32.9 Å². The van der Waals surface area contributed by atoms with Crippen molar-refractivity contribution in [2.75, 3.05) is 19.5 Å². The first-order valence-corrected chi connectivity index (χ1v) is 9.05. The van der Waals surface area contributed by atoms with Gasteiger partial charge in [0.05, 0.1) is 20.3 Å². The van der Waals surface area contributed by atoms with Crippen LogP contribution in [0, 0.1) is 0 Å². The van der Waals surface area contributed by atoms with E-state index in [4.69, 9.17) is 9.47 Å². The zero-order chi connectivity index (χ0) is 20.0. The SMILES string of the molecule is COc1ccc(C(O)CCC(=O)Nc2ccc(C(C)(C)C)cc2)c(OC)c1. The second-order valence-electron chi connectivity index (χ2n) is 7.54. The smallest absolute Gasteiger partial charge is 0.224 e. The van der Waals surface area contributed by atoms with Crippen molar-refractivity contribution in [3.8, 4) is 11.5 Å². The van der Waals surface area contributed by atoms with Crippen LogP contribution in [0.1, 0.15) is 50.8 Å². The Morgan fingerprint density at radius 3 is 2.30 bits per heavy atom. The van der Waals surface area contributed by atoms with Crippen molar-refractivity contribution in [1.82, 2.24) is 0 Å². The van der Waals surface area contributed by atoms with Crippen LogP contribution in [0.4, 0.5) is 5.69 Å². The van der Waals surface area contributed by atoms with E-state index in [0.29, 0.717) is 23.5 Å². The molecule has 0 radical (unpaired) electrons. The third-order valence-corrected chi connectivity index (χ3v) is 4.48. The number of benzene rings is 2. The van der Waals surface area contributed by atoms with Crippen molar-refractivity contribution in [1.29, 1.82) is 0 Å². The van der Waals surface area contributed by atoms with E-state index in [1.807, 2.05) is 24.3 Å². The van der Waals surface area contributed by atoms with Crippen molar-refractivity contribution in [2.24, 2.45) is 0 Å². The minimum absolute atomic E-state index is 0.0735. The number of anilines is 1. The van der Waals surface area contributed by atoms with E-state index in [9.17, 15) is 9.90 Å². The number of carbonyl (C=O) groups is 1. The normalized spacial score (nSPS) is 12.4. The number of nitrogens with one attached hydrogen (secondary N) is 1. The van der Waals surface area contributed by atoms with Gasteiger partial charge in [0.25, 0.3) is 0 Å². The Kier molecular flexibility index (Phi) is 6.86. The molecule has 2 N–H and O–H groups in total. The Balaban J connectivity index is 1.93. The van der Waals surface area contributed by atoms with Crippen LogP contribution >= 0.6 is 0 Å². The molecule has 0 saturated heterocycles. The van der Waals surface area contributed by atoms with E-state index < -0.39 is 6.10 Å². The first-order chi connectivity index (χ1) is 12.7. The summed E-state index contributed by atoms with van der Waals surface area (Å²) in [5, 5.41) is 13.3. The van der Waals surface area contributed by atoms with Crippen LogP contribution in [0.3, 0.4) is 0 Å². The molecule has 2 rings (SSSR count). The summed E-state index contributed by atoms with van der Waals surface area (Å²) in [4.78, 5) is 12.2. The molecular formula is C22H29NO4. The highest BCUT2D eigenvalue weighted by molar-refractivity contribution is 5.90. The number of methoxy groups -OCH3 is 2. The molecule has 1 amide bonds. The molecule has 1 unspecified atom stereocenters. The van der Waals surface area contributed by atoms with Crippen LogP contribution in [-0.2, 0) is 10.2 Å². The average molecular weight is 371 g/mol. The number of hydrogen-bond acceptors (Lipinski definition) is 4. The van der Waals surface area contributed by atoms with E-state index in [-0.39, 0.29) is 17.7 Å². The van der Waals surface area contributed by atoms with Crippen LogP contribution in [0.15, 0.2) is 42.5 Å². The van der Waals surface area contributed by atoms with Gasteiger partial charge in [-0.2, -0.15) is 0 Å². The summed E-state index contributed by atoms with van der Waals surface area (Å²) in [6, 6.07) is 13.1. The molecule has 0 aliphatic heterocycles. The summed E-state index contributed by atoms with van der Waals surface area (Å²) in [6.45, 7) is 6.44. The summed E-state index contributed by atoms with van der Waals surface area (Å²) in [5.41, 5.74) is 2.68. The number of hydrogen-bond donors (Lipinski definition) is 2. The average Bonchev–Trinajstić information content (AvgIpc) is 2.65. The topological polar surface area (TPSA) is 67.8 Å². The fraction of sp³-hybridized carbons (Fsp3) is 0.409. The van der Waals surface area contributed by atoms with E-state index in [1.165, 1.54) is 5.56 Å². The minimum atomic E-state index is -0.792. The van der Waals surface area contributed by atoms with Gasteiger partial charge in [0.1, 0.15) is 11.5 Å². The maximum absolute atomic E-state index is 12.2. The molecule has 2 aromatic rings. The van der Waals surface area contributed by atoms with Crippen LogP contribution in [0.25, 0.3) is 0 Å². The van der Waals surface area contributed by atoms with Crippen molar-refractivity contribution in [3.63, 3.8) is 0 Å². The molecule has 0 aliphatic rings. The highest BCUT2D eigenvalue weighted by Gasteiger charge is 2.16. The molecule has 0 saturated carbocycles. The molecule has 0 heterocycles. The third-order valence-electron chi connectivity index (χ3n) is 4.48. The Morgan fingerprint density at radius 1 is 1.07 bits per heavy atom. The van der Waals surface area contributed by atoms with Crippen molar-refractivity contribution >= 4 is 11.6 Å². The number of aliphatic hydroxyl groups is 1. The molecule has 0 bridgehead atoms. The lowest BCUT2D eigenvalue weighted by Gasteiger charge is -2.19. The fourth-order valence-electron chi connectivity index (χ4n) is 2.79. The number of carbonyl (C=O) groups excluding carboxylic acids is 1. The zero-order valence-electron chi connectivity index (χ0n) is 16.7. The lowest BCUT2D eigenvalue weighted by atomic mass is 9.87. The van der Waals surface area contributed by atoms with Crippen molar-refractivity contribution in [2.45, 2.75) is 45.1 Å². The second kappa shape index (κ2) is 8.91. The van der Waals surface area contributed by atoms with Crippen molar-refractivity contribution in [3.05, 3.63) is 53.6 Å². The number of rotatable bonds is 7. The fourth-order valence-corrected chi connectivity index (χ4v) is 2.79. The summed E-state index contributed by atoms with van der Waals surface area (Å²) in [7, 11) is 3.11. The largest absolute Gasteiger partial charge is 0.497 e. The maximum atomic E-state index is 12.2. The summed E-state index contributed by atoms with van der Waals surface area (Å²) < 4.78 is 10.5. The molecule has 2 aromatic carbocycles. The number of aliphatic hydroxyl groups excluding tert-OH is 1. The van der Waals surface area contributed by atoms with Gasteiger partial charge in [0.15, 0.2) is 0 Å². The summed E-state index contributed by atoms with van der Waals surface area (Å²) in [6.07, 6.45) is -0.286. The summed E-state index contributed by atoms with van der Waals surface area (Å²) >= 11 is 0. The Morgan fingerprint density at radius 2 is 1.74 bits per heavy atom. The molecule has 146 valence electrons. The van der Waals surface area contributed by atoms with E-state index in [2.05, 4.69) is 26.1 Å². The Labute approximate surface area is 161 Å². The standard InChI is InChI=1S/C22H29NO4/c1-22(2,3)15-6-8-16(9-7-15)23-21(25)13-12-19(24)18-11-10-17(26-4)14-20(18)27-5/h6-11,14,19,24H,12-13H2,1-5H3,(H,23,25). The lowest BCUT2D eigenvalue weighted by Crippen LogP contribution is -2.14. The lowest BCUT2D eigenvalue weighted by molar-refractivity contribution is -0.116. The molecule has 5 nitrogen and oxygen atoms in total. The van der Waals surface area contributed by atoms with Crippen LogP contribution < -0.4 is 14.8 Å². The first-order valence-electron chi connectivity index (χ1n) is 9.05. The molecule has 1 atom stereocenters. The molecule has 5 heteroatoms. The Bertz CT molecular complexity index is 763. The van der Waals surface area contributed by atoms with Crippen LogP contribution in [-0.4, -0.2) is 25.2 Å². The third kappa shape index (κ3) is 5.73. The van der Waals surface area contributed by atoms with Gasteiger partial charge in [0.2, 0.25) is 5.91 Å². The molecule has 0 spiro atoms. The zero-order valence-corrected chi connectivity index (χ0v) is 16.7. The van der Waals surface area contributed by atoms with Gasteiger partial charge in [-0.05, 0) is 41.7 Å². The van der Waals surface area contributed by atoms with E-state index >= 15 is 0 Å². The maximum Gasteiger partial charge on any atom is 0.224 e. The van der Waals surface area contributed by atoms with E-state index in [1.54, 1.807) is 32.4 Å². The Hall–Kier alpha value is -2.53. The molecular weight excluding hydrogens is 342 g/mol. The van der Waals surface area contributed by atoms with Crippen LogP contribution in [0.5, 0.6) is 11.5 Å². The van der Waals surface area contributed by atoms with Crippen LogP contribution in [0.2, 0.25) is 0 Å². The quantitative estimate of drug-likeness (QED) is 0.754. The van der Waals surface area contributed by atoms with Crippen molar-refractivity contribution < 1.29 is 19.4 Å². The minimum Gasteiger partial charge on any atom is -0.497 e. The summed E-state index contributed by atoms with van der Waals surface area (Å²) in [5.74, 6) is 1.06. The van der Waals surface area contributed by atoms with Gasteiger partial charge >= 0.3 is 0 Å². The first kappa shape index (κ1) is 20.8. The number of ether oxygens (including phenoxy) is 2. The molecule has 0 aliphatic carbocycles. The predicted molar refractivity (Wildman–Crippen MR) is 108 cm³/mol. The van der Waals surface area contributed by atoms with Gasteiger partial charge in [-0.3, -0.25) is 4.79 Å². The molecule has 0 aromatic heterocycles. The van der Waals surface area contributed by atoms with Gasteiger partial charge < -0.3 is 19.9 Å². The highest BCUT2D eigenvalue weighted by atomic mass is 16.5. The molecule has 0 fully saturated rings. The van der Waals surface area contributed by atoms with Gasteiger partial charge in [0, 0.05) is 23.7 Å². The predicted octanol–water partition coefficient (Wildman–Crippen LogP) is 4.45. The second-order valence-corrected chi connectivity index (χ2v) is 7.54. The number of amides is 1. The van der Waals surface area contributed by atoms with E-state index in [0.717, 1.165) is 5.69 Å². The highest BCUT2D eigenvalue weighted by Crippen LogP contribution is 2.31. The monoisotopic (exact) mass is 371 g/mol. The molecule has 27 heavy (non-hydrogen) atoms.